The fourth-order valence-corrected chi connectivity index (χ4v) is 6.25. The Hall–Kier alpha value is -1.41. The summed E-state index contributed by atoms with van der Waals surface area (Å²) in [5.74, 6) is 1.33. The number of anilines is 1. The molecule has 0 radical (unpaired) electrons. The number of hydrogen-bond acceptors (Lipinski definition) is 3. The number of aliphatic hydroxyl groups excluding tert-OH is 1. The van der Waals surface area contributed by atoms with Gasteiger partial charge in [0.15, 0.2) is 0 Å². The molecule has 4 rings (SSSR count). The van der Waals surface area contributed by atoms with Crippen molar-refractivity contribution in [2.45, 2.75) is 37.7 Å². The molecule has 2 aliphatic rings. The number of piperidine rings is 1. The molecule has 2 N–H and O–H groups in total. The maximum atomic E-state index is 11.8. The first-order chi connectivity index (χ1) is 14.8. The number of hydrogen-bond donors (Lipinski definition) is 2. The number of fused-ring (bicyclic) bond motifs is 1. The summed E-state index contributed by atoms with van der Waals surface area (Å²) in [7, 11) is 2.23. The molecule has 5 nitrogen and oxygen atoms in total. The summed E-state index contributed by atoms with van der Waals surface area (Å²) in [5.41, 5.74) is 3.16. The van der Waals surface area contributed by atoms with E-state index < -0.39 is 6.10 Å². The average molecular weight is 553 g/mol. The van der Waals surface area contributed by atoms with Gasteiger partial charge in [-0.1, -0.05) is 30.3 Å². The molecule has 2 aromatic rings. The zero-order chi connectivity index (χ0) is 22.0. The Balaban J connectivity index is 1.35. The number of amides is 1. The molecule has 31 heavy (non-hydrogen) atoms. The number of ether oxygens (including phenoxy) is 1. The van der Waals surface area contributed by atoms with Gasteiger partial charge in [-0.05, 0) is 55.8 Å². The highest BCUT2D eigenvalue weighted by atomic mass is 79.9. The smallest absolute Gasteiger partial charge is 0.224 e. The van der Waals surface area contributed by atoms with Crippen LogP contribution in [0.15, 0.2) is 45.3 Å². The highest BCUT2D eigenvalue weighted by Crippen LogP contribution is 2.42. The number of nitrogens with one attached hydrogen (secondary N) is 1. The molecule has 1 atom stereocenters. The minimum atomic E-state index is -0.553. The molecule has 7 heteroatoms. The van der Waals surface area contributed by atoms with Crippen molar-refractivity contribution in [3.63, 3.8) is 0 Å². The SMILES string of the molecule is C[N+]1(CC(O)COc2c(Br)cc(Br)c3c2CCC(=O)N3)CCC(c2ccccc2)CC1. The summed E-state index contributed by atoms with van der Waals surface area (Å²) >= 11 is 7.09. The number of halogens is 2. The fraction of sp³-hybridized carbons (Fsp3) is 0.458. The third-order valence-electron chi connectivity index (χ3n) is 6.53. The van der Waals surface area contributed by atoms with Gasteiger partial charge >= 0.3 is 0 Å². The average Bonchev–Trinajstić information content (AvgIpc) is 2.75. The summed E-state index contributed by atoms with van der Waals surface area (Å²) < 4.78 is 8.60. The second kappa shape index (κ2) is 9.61. The summed E-state index contributed by atoms with van der Waals surface area (Å²) in [6.45, 7) is 3.02. The molecule has 1 unspecified atom stereocenters. The number of benzene rings is 2. The predicted molar refractivity (Wildman–Crippen MR) is 129 cm³/mol. The van der Waals surface area contributed by atoms with E-state index in [-0.39, 0.29) is 12.5 Å². The van der Waals surface area contributed by atoms with Crippen LogP contribution in [0.4, 0.5) is 5.69 Å². The molecule has 2 aliphatic heterocycles. The van der Waals surface area contributed by atoms with Crippen LogP contribution in [-0.2, 0) is 11.2 Å². The van der Waals surface area contributed by atoms with Crippen LogP contribution in [-0.4, -0.2) is 54.9 Å². The Kier molecular flexibility index (Phi) is 7.06. The van der Waals surface area contributed by atoms with E-state index in [9.17, 15) is 9.90 Å². The third-order valence-corrected chi connectivity index (χ3v) is 7.74. The summed E-state index contributed by atoms with van der Waals surface area (Å²) in [6, 6.07) is 12.6. The highest BCUT2D eigenvalue weighted by molar-refractivity contribution is 9.11. The first-order valence-electron chi connectivity index (χ1n) is 10.8. The van der Waals surface area contributed by atoms with Crippen LogP contribution in [0.25, 0.3) is 0 Å². The van der Waals surface area contributed by atoms with E-state index in [1.165, 1.54) is 5.56 Å². The lowest BCUT2D eigenvalue weighted by atomic mass is 9.88. The van der Waals surface area contributed by atoms with Gasteiger partial charge in [0.1, 0.15) is 25.0 Å². The van der Waals surface area contributed by atoms with Gasteiger partial charge in [0, 0.05) is 29.3 Å². The monoisotopic (exact) mass is 551 g/mol. The topological polar surface area (TPSA) is 58.6 Å². The predicted octanol–water partition coefficient (Wildman–Crippen LogP) is 4.86. The Morgan fingerprint density at radius 3 is 2.58 bits per heavy atom. The molecular weight excluding hydrogens is 524 g/mol. The van der Waals surface area contributed by atoms with Crippen molar-refractivity contribution in [3.8, 4) is 5.75 Å². The minimum absolute atomic E-state index is 0.0119. The number of carbonyl (C=O) groups is 1. The highest BCUT2D eigenvalue weighted by Gasteiger charge is 2.33. The van der Waals surface area contributed by atoms with Crippen LogP contribution in [0.1, 0.15) is 36.3 Å². The van der Waals surface area contributed by atoms with Crippen molar-refractivity contribution in [2.24, 2.45) is 0 Å². The number of likely N-dealkylation sites (N-methyl/N-ethyl adjacent to an activating group) is 1. The maximum Gasteiger partial charge on any atom is 0.224 e. The first-order valence-corrected chi connectivity index (χ1v) is 12.4. The molecular formula is C24H29Br2N2O3+. The van der Waals surface area contributed by atoms with Crippen LogP contribution >= 0.6 is 31.9 Å². The molecule has 2 aromatic carbocycles. The van der Waals surface area contributed by atoms with E-state index in [1.807, 2.05) is 6.07 Å². The van der Waals surface area contributed by atoms with E-state index >= 15 is 0 Å². The molecule has 2 heterocycles. The number of carbonyl (C=O) groups excluding carboxylic acids is 1. The lowest BCUT2D eigenvalue weighted by Gasteiger charge is -2.41. The van der Waals surface area contributed by atoms with Crippen LogP contribution in [0, 0.1) is 0 Å². The zero-order valence-electron chi connectivity index (χ0n) is 17.7. The number of quaternary nitrogens is 1. The second-order valence-electron chi connectivity index (χ2n) is 8.97. The number of likely N-dealkylation sites (tertiary alicyclic amines) is 1. The van der Waals surface area contributed by atoms with Gasteiger partial charge in [-0.15, -0.1) is 0 Å². The van der Waals surface area contributed by atoms with E-state index in [2.05, 4.69) is 74.6 Å². The van der Waals surface area contributed by atoms with Gasteiger partial charge < -0.3 is 19.6 Å². The minimum Gasteiger partial charge on any atom is -0.489 e. The van der Waals surface area contributed by atoms with Crippen molar-refractivity contribution in [1.29, 1.82) is 0 Å². The Morgan fingerprint density at radius 1 is 1.16 bits per heavy atom. The Labute approximate surface area is 200 Å². The normalized spacial score (nSPS) is 24.3. The molecule has 0 spiro atoms. The van der Waals surface area contributed by atoms with Crippen molar-refractivity contribution in [2.75, 3.05) is 38.6 Å². The van der Waals surface area contributed by atoms with Crippen LogP contribution in [0.3, 0.4) is 0 Å². The van der Waals surface area contributed by atoms with E-state index in [1.54, 1.807) is 0 Å². The summed E-state index contributed by atoms with van der Waals surface area (Å²) in [5, 5.41) is 13.7. The van der Waals surface area contributed by atoms with Crippen molar-refractivity contribution >= 4 is 43.5 Å². The molecule has 1 fully saturated rings. The number of rotatable bonds is 6. The van der Waals surface area contributed by atoms with Gasteiger partial charge in [-0.3, -0.25) is 4.79 Å². The number of aliphatic hydroxyl groups is 1. The van der Waals surface area contributed by atoms with Gasteiger partial charge in [-0.25, -0.2) is 0 Å². The zero-order valence-corrected chi connectivity index (χ0v) is 20.9. The molecule has 166 valence electrons. The maximum absolute atomic E-state index is 11.8. The molecule has 0 saturated carbocycles. The fourth-order valence-electron chi connectivity index (χ4n) is 4.79. The van der Waals surface area contributed by atoms with Gasteiger partial charge in [0.25, 0.3) is 0 Å². The standard InChI is InChI=1S/C24H28Br2N2O3/c1-28(11-9-17(10-12-28)16-5-3-2-4-6-16)14-18(29)15-31-24-19-7-8-22(30)27-23(19)20(25)13-21(24)26/h2-6,13,17-18,29H,7-12,14-15H2,1H3/p+1. The van der Waals surface area contributed by atoms with Crippen LogP contribution in [0.5, 0.6) is 5.75 Å². The number of nitrogens with zero attached hydrogens (tertiary/aromatic N) is 1. The van der Waals surface area contributed by atoms with Crippen molar-refractivity contribution < 1.29 is 19.1 Å². The van der Waals surface area contributed by atoms with Crippen LogP contribution in [0.2, 0.25) is 0 Å². The molecule has 1 amide bonds. The van der Waals surface area contributed by atoms with Crippen LogP contribution < -0.4 is 10.1 Å². The molecule has 1 saturated heterocycles. The third kappa shape index (κ3) is 5.33. The quantitative estimate of drug-likeness (QED) is 0.503. The lowest BCUT2D eigenvalue weighted by Crippen LogP contribution is -2.54. The second-order valence-corrected chi connectivity index (χ2v) is 10.7. The Bertz CT molecular complexity index is 944. The van der Waals surface area contributed by atoms with E-state index in [0.717, 1.165) is 50.6 Å². The lowest BCUT2D eigenvalue weighted by molar-refractivity contribution is -0.917. The molecule has 0 aromatic heterocycles. The summed E-state index contributed by atoms with van der Waals surface area (Å²) in [6.07, 6.45) is 2.78. The van der Waals surface area contributed by atoms with Gasteiger partial charge in [0.05, 0.1) is 30.3 Å². The van der Waals surface area contributed by atoms with E-state index in [4.69, 9.17) is 4.74 Å². The largest absolute Gasteiger partial charge is 0.489 e. The van der Waals surface area contributed by atoms with Gasteiger partial charge in [0.2, 0.25) is 5.91 Å². The summed E-state index contributed by atoms with van der Waals surface area (Å²) in [4.78, 5) is 11.8. The van der Waals surface area contributed by atoms with Gasteiger partial charge in [-0.2, -0.15) is 0 Å². The van der Waals surface area contributed by atoms with Crippen molar-refractivity contribution in [1.82, 2.24) is 0 Å². The molecule has 0 aliphatic carbocycles. The van der Waals surface area contributed by atoms with E-state index in [0.29, 0.717) is 31.1 Å². The molecule has 0 bridgehead atoms. The van der Waals surface area contributed by atoms with Crippen molar-refractivity contribution in [3.05, 3.63) is 56.5 Å². The first kappa shape index (κ1) is 22.8. The Morgan fingerprint density at radius 2 is 1.87 bits per heavy atom.